The third kappa shape index (κ3) is 1.69. The molecule has 0 radical (unpaired) electrons. The van der Waals surface area contributed by atoms with Crippen LogP contribution in [0.15, 0.2) is 12.2 Å². The molecule has 0 amide bonds. The van der Waals surface area contributed by atoms with Gasteiger partial charge in [0.2, 0.25) is 11.2 Å². The molecule has 0 aliphatic heterocycles. The van der Waals surface area contributed by atoms with E-state index in [9.17, 15) is 35.1 Å². The van der Waals surface area contributed by atoms with Crippen LogP contribution in [0.1, 0.15) is 0 Å². The average Bonchev–Trinajstić information content (AvgIpc) is 2.44. The van der Waals surface area contributed by atoms with Crippen LogP contribution in [0.2, 0.25) is 0 Å². The molecule has 0 bridgehead atoms. The summed E-state index contributed by atoms with van der Waals surface area (Å²) in [5, 5.41) is 0. The number of rotatable bonds is 2. The van der Waals surface area contributed by atoms with Gasteiger partial charge in [-0.25, -0.2) is 0 Å². The highest BCUT2D eigenvalue weighted by Gasteiger charge is 2.85. The van der Waals surface area contributed by atoms with Crippen LogP contribution in [0, 0.1) is 0 Å². The molecule has 0 saturated carbocycles. The van der Waals surface area contributed by atoms with Gasteiger partial charge in [-0.15, -0.1) is 0 Å². The number of methoxy groups -OCH3 is 2. The lowest BCUT2D eigenvalue weighted by atomic mass is 9.88. The van der Waals surface area contributed by atoms with Crippen molar-refractivity contribution in [3.05, 3.63) is 12.2 Å². The summed E-state index contributed by atoms with van der Waals surface area (Å²) >= 11 is 0. The van der Waals surface area contributed by atoms with Gasteiger partial charge < -0.3 is 9.47 Å². The molecule has 2 nitrogen and oxygen atoms in total. The Hall–Kier alpha value is -0.900. The lowest BCUT2D eigenvalue weighted by molar-refractivity contribution is -0.383. The Morgan fingerprint density at radius 1 is 0.737 bits per heavy atom. The minimum absolute atomic E-state index is 0.244. The van der Waals surface area contributed by atoms with E-state index in [0.29, 0.717) is 0 Å². The average molecular weight is 300 g/mol. The molecule has 1 rings (SSSR count). The molecule has 19 heavy (non-hydrogen) atoms. The first kappa shape index (κ1) is 16.2. The Morgan fingerprint density at radius 3 is 1.11 bits per heavy atom. The lowest BCUT2D eigenvalue weighted by Crippen LogP contribution is -2.68. The van der Waals surface area contributed by atoms with Crippen LogP contribution in [-0.2, 0) is 9.47 Å². The molecule has 2 unspecified atom stereocenters. The summed E-state index contributed by atoms with van der Waals surface area (Å²) < 4.78 is 111. The second-order valence-corrected chi connectivity index (χ2v) is 3.78. The van der Waals surface area contributed by atoms with Crippen LogP contribution in [0.3, 0.4) is 0 Å². The first-order valence-electron chi connectivity index (χ1n) is 4.65. The fraction of sp³-hybridized carbons (Fsp3) is 0.778. The number of ether oxygens (including phenoxy) is 2. The van der Waals surface area contributed by atoms with Crippen LogP contribution in [0.5, 0.6) is 0 Å². The molecule has 112 valence electrons. The van der Waals surface area contributed by atoms with Gasteiger partial charge in [0.1, 0.15) is 0 Å². The van der Waals surface area contributed by atoms with Crippen molar-refractivity contribution < 1.29 is 44.6 Å². The molecule has 0 aromatic heterocycles. The van der Waals surface area contributed by atoms with Crippen molar-refractivity contribution in [3.63, 3.8) is 0 Å². The van der Waals surface area contributed by atoms with Gasteiger partial charge in [-0.1, -0.05) is 0 Å². The van der Waals surface area contributed by atoms with Crippen molar-refractivity contribution in [1.82, 2.24) is 0 Å². The van der Waals surface area contributed by atoms with Crippen molar-refractivity contribution in [2.24, 2.45) is 0 Å². The molecular weight excluding hydrogens is 292 g/mol. The molecule has 0 spiro atoms. The highest BCUT2D eigenvalue weighted by Crippen LogP contribution is 2.60. The monoisotopic (exact) mass is 300 g/mol. The van der Waals surface area contributed by atoms with Gasteiger partial charge >= 0.3 is 18.3 Å². The number of alkyl halides is 8. The van der Waals surface area contributed by atoms with Crippen LogP contribution >= 0.6 is 0 Å². The Kier molecular flexibility index (Phi) is 3.44. The Bertz CT molecular complexity index is 351. The third-order valence-electron chi connectivity index (χ3n) is 2.97. The maximum atomic E-state index is 13.8. The van der Waals surface area contributed by atoms with Crippen molar-refractivity contribution >= 4 is 0 Å². The van der Waals surface area contributed by atoms with Gasteiger partial charge in [0.05, 0.1) is 0 Å². The fourth-order valence-corrected chi connectivity index (χ4v) is 1.89. The molecular formula is C9H8F8O2. The second kappa shape index (κ2) is 4.05. The summed E-state index contributed by atoms with van der Waals surface area (Å²) in [4.78, 5) is 0. The van der Waals surface area contributed by atoms with E-state index in [1.54, 1.807) is 0 Å². The minimum Gasteiger partial charge on any atom is -0.360 e. The van der Waals surface area contributed by atoms with Crippen LogP contribution in [0.4, 0.5) is 35.1 Å². The predicted octanol–water partition coefficient (Wildman–Crippen LogP) is 3.09. The molecule has 0 fully saturated rings. The molecule has 1 aliphatic carbocycles. The van der Waals surface area contributed by atoms with Gasteiger partial charge in [-0.3, -0.25) is 0 Å². The van der Waals surface area contributed by atoms with E-state index in [0.717, 1.165) is 0 Å². The van der Waals surface area contributed by atoms with Gasteiger partial charge in [0.25, 0.3) is 0 Å². The summed E-state index contributed by atoms with van der Waals surface area (Å²) in [6, 6.07) is 0. The minimum atomic E-state index is -5.76. The summed E-state index contributed by atoms with van der Waals surface area (Å²) in [5.41, 5.74) is -8.79. The Balaban J connectivity index is 3.54. The second-order valence-electron chi connectivity index (χ2n) is 3.78. The molecule has 0 N–H and O–H groups in total. The van der Waals surface area contributed by atoms with E-state index < -0.39 is 29.5 Å². The smallest absolute Gasteiger partial charge is 0.360 e. The van der Waals surface area contributed by atoms with Gasteiger partial charge in [0, 0.05) is 14.2 Å². The van der Waals surface area contributed by atoms with E-state index >= 15 is 0 Å². The SMILES string of the molecule is COC1(C(F)(F)F)C=CC(OC)(C(F)(F)F)C1(F)F. The summed E-state index contributed by atoms with van der Waals surface area (Å²) in [6.07, 6.45) is -12.3. The molecule has 1 aliphatic rings. The zero-order chi connectivity index (χ0) is 15.3. The predicted molar refractivity (Wildman–Crippen MR) is 45.7 cm³/mol. The van der Waals surface area contributed by atoms with Crippen molar-refractivity contribution in [1.29, 1.82) is 0 Å². The third-order valence-corrected chi connectivity index (χ3v) is 2.97. The molecule has 2 atom stereocenters. The maximum Gasteiger partial charge on any atom is 0.427 e. The summed E-state index contributed by atoms with van der Waals surface area (Å²) in [6.45, 7) is 0. The van der Waals surface area contributed by atoms with Crippen LogP contribution in [-0.4, -0.2) is 43.7 Å². The highest BCUT2D eigenvalue weighted by molar-refractivity contribution is 5.35. The highest BCUT2D eigenvalue weighted by atomic mass is 19.4. The van der Waals surface area contributed by atoms with E-state index in [-0.39, 0.29) is 26.4 Å². The van der Waals surface area contributed by atoms with Crippen LogP contribution < -0.4 is 0 Å². The molecule has 0 aromatic rings. The topological polar surface area (TPSA) is 18.5 Å². The Labute approximate surface area is 102 Å². The molecule has 0 heterocycles. The summed E-state index contributed by atoms with van der Waals surface area (Å²) in [7, 11) is 0.488. The van der Waals surface area contributed by atoms with Crippen molar-refractivity contribution in [2.75, 3.05) is 14.2 Å². The van der Waals surface area contributed by atoms with Gasteiger partial charge in [0.15, 0.2) is 0 Å². The lowest BCUT2D eigenvalue weighted by Gasteiger charge is -2.42. The van der Waals surface area contributed by atoms with Gasteiger partial charge in [-0.2, -0.15) is 35.1 Å². The van der Waals surface area contributed by atoms with Crippen molar-refractivity contribution in [2.45, 2.75) is 29.5 Å². The summed E-state index contributed by atoms with van der Waals surface area (Å²) in [5.74, 6) is -5.42. The van der Waals surface area contributed by atoms with E-state index in [2.05, 4.69) is 9.47 Å². The van der Waals surface area contributed by atoms with Crippen LogP contribution in [0.25, 0.3) is 0 Å². The standard InChI is InChI=1S/C9H8F8O2/c1-18-5(8(12,13)14)3-4-6(19-2,7(5,10)11)9(15,16)17/h3-4H,1-2H3. The van der Waals surface area contributed by atoms with E-state index in [1.165, 1.54) is 0 Å². The maximum absolute atomic E-state index is 13.8. The number of halogens is 8. The zero-order valence-corrected chi connectivity index (χ0v) is 9.49. The molecule has 0 aromatic carbocycles. The largest absolute Gasteiger partial charge is 0.427 e. The van der Waals surface area contributed by atoms with Crippen molar-refractivity contribution in [3.8, 4) is 0 Å². The fourth-order valence-electron chi connectivity index (χ4n) is 1.89. The number of hydrogen-bond acceptors (Lipinski definition) is 2. The zero-order valence-electron chi connectivity index (χ0n) is 9.49. The molecule has 0 saturated heterocycles. The first-order chi connectivity index (χ1) is 8.33. The normalized spacial score (nSPS) is 34.8. The van der Waals surface area contributed by atoms with E-state index in [4.69, 9.17) is 0 Å². The quantitative estimate of drug-likeness (QED) is 0.576. The van der Waals surface area contributed by atoms with E-state index in [1.807, 2.05) is 0 Å². The molecule has 10 heteroatoms. The first-order valence-corrected chi connectivity index (χ1v) is 4.65. The van der Waals surface area contributed by atoms with Gasteiger partial charge in [-0.05, 0) is 12.2 Å². The number of hydrogen-bond donors (Lipinski definition) is 0. The Morgan fingerprint density at radius 2 is 1.00 bits per heavy atom.